The van der Waals surface area contributed by atoms with Crippen LogP contribution < -0.4 is 5.73 Å². The molecule has 2 heterocycles. The lowest BCUT2D eigenvalue weighted by atomic mass is 10.1. The van der Waals surface area contributed by atoms with Crippen molar-refractivity contribution in [3.05, 3.63) is 29.6 Å². The number of sulfonamides is 1. The molecule has 1 atom stereocenters. The minimum absolute atomic E-state index is 0.0721. The molecule has 3 rings (SSSR count). The first-order valence-corrected chi connectivity index (χ1v) is 9.66. The van der Waals surface area contributed by atoms with E-state index >= 15 is 0 Å². The smallest absolute Gasteiger partial charge is 0.256 e. The van der Waals surface area contributed by atoms with Crippen LogP contribution in [-0.2, 0) is 10.0 Å². The predicted molar refractivity (Wildman–Crippen MR) is 87.5 cm³/mol. The Kier molecular flexibility index (Phi) is 4.89. The molecule has 6 nitrogen and oxygen atoms in total. The Balaban J connectivity index is 1.82. The Hall–Kier alpha value is -1.51. The van der Waals surface area contributed by atoms with Gasteiger partial charge in [0.2, 0.25) is 10.0 Å². The maximum Gasteiger partial charge on any atom is 0.256 e. The van der Waals surface area contributed by atoms with Gasteiger partial charge >= 0.3 is 0 Å². The van der Waals surface area contributed by atoms with Crippen LogP contribution in [-0.4, -0.2) is 56.3 Å². The van der Waals surface area contributed by atoms with E-state index in [9.17, 15) is 17.6 Å². The number of carbonyl (C=O) groups is 1. The van der Waals surface area contributed by atoms with Crippen LogP contribution in [0.2, 0.25) is 0 Å². The predicted octanol–water partition coefficient (Wildman–Crippen LogP) is 1.03. The van der Waals surface area contributed by atoms with Crippen molar-refractivity contribution in [3.63, 3.8) is 0 Å². The Morgan fingerprint density at radius 2 is 1.96 bits per heavy atom. The number of rotatable bonds is 4. The molecule has 2 aliphatic heterocycles. The Labute approximate surface area is 141 Å². The first kappa shape index (κ1) is 17.3. The maximum absolute atomic E-state index is 14.4. The number of hydrogen-bond acceptors (Lipinski definition) is 4. The fourth-order valence-electron chi connectivity index (χ4n) is 3.28. The number of amides is 1. The summed E-state index contributed by atoms with van der Waals surface area (Å²) in [4.78, 5) is 13.8. The van der Waals surface area contributed by atoms with Crippen molar-refractivity contribution in [2.75, 3.05) is 32.7 Å². The summed E-state index contributed by atoms with van der Waals surface area (Å²) in [6.45, 7) is 2.41. The van der Waals surface area contributed by atoms with Crippen molar-refractivity contribution in [1.29, 1.82) is 0 Å². The first-order chi connectivity index (χ1) is 11.4. The zero-order valence-corrected chi connectivity index (χ0v) is 14.3. The van der Waals surface area contributed by atoms with E-state index in [4.69, 9.17) is 5.73 Å². The van der Waals surface area contributed by atoms with Crippen molar-refractivity contribution < 1.29 is 17.6 Å². The van der Waals surface area contributed by atoms with Gasteiger partial charge in [-0.25, -0.2) is 12.8 Å². The van der Waals surface area contributed by atoms with Crippen LogP contribution in [0.1, 0.15) is 29.6 Å². The Morgan fingerprint density at radius 1 is 1.25 bits per heavy atom. The van der Waals surface area contributed by atoms with E-state index in [2.05, 4.69) is 0 Å². The van der Waals surface area contributed by atoms with Crippen molar-refractivity contribution in [2.24, 2.45) is 11.7 Å². The Morgan fingerprint density at radius 3 is 2.54 bits per heavy atom. The van der Waals surface area contributed by atoms with Gasteiger partial charge in [-0.05, 0) is 49.9 Å². The highest BCUT2D eigenvalue weighted by Crippen LogP contribution is 2.25. The van der Waals surface area contributed by atoms with Crippen LogP contribution >= 0.6 is 0 Å². The Bertz CT molecular complexity index is 732. The van der Waals surface area contributed by atoms with Gasteiger partial charge in [0.05, 0.1) is 10.5 Å². The molecule has 2 saturated heterocycles. The van der Waals surface area contributed by atoms with Gasteiger partial charge in [-0.15, -0.1) is 0 Å². The average molecular weight is 355 g/mol. The molecule has 2 fully saturated rings. The SMILES string of the molecule is NCC1CCN(S(=O)(=O)c2ccc(C(=O)N3CCCC3)c(F)c2)C1. The van der Waals surface area contributed by atoms with Gasteiger partial charge in [0.25, 0.3) is 5.91 Å². The summed E-state index contributed by atoms with van der Waals surface area (Å²) in [6, 6.07) is 3.55. The van der Waals surface area contributed by atoms with Gasteiger partial charge in [-0.1, -0.05) is 0 Å². The second-order valence-corrected chi connectivity index (χ2v) is 8.33. The van der Waals surface area contributed by atoms with Crippen molar-refractivity contribution in [3.8, 4) is 0 Å². The van der Waals surface area contributed by atoms with Crippen LogP contribution in [0.4, 0.5) is 4.39 Å². The second-order valence-electron chi connectivity index (χ2n) is 6.39. The monoisotopic (exact) mass is 355 g/mol. The normalized spacial score (nSPS) is 22.2. The molecule has 132 valence electrons. The number of carbonyl (C=O) groups excluding carboxylic acids is 1. The van der Waals surface area contributed by atoms with Gasteiger partial charge in [0.15, 0.2) is 0 Å². The highest BCUT2D eigenvalue weighted by Gasteiger charge is 2.33. The van der Waals surface area contributed by atoms with Crippen molar-refractivity contribution >= 4 is 15.9 Å². The molecular weight excluding hydrogens is 333 g/mol. The lowest BCUT2D eigenvalue weighted by Crippen LogP contribution is -2.31. The molecule has 1 amide bonds. The number of halogens is 1. The minimum atomic E-state index is -3.75. The summed E-state index contributed by atoms with van der Waals surface area (Å²) in [7, 11) is -3.75. The lowest BCUT2D eigenvalue weighted by molar-refractivity contribution is 0.0788. The molecule has 0 spiro atoms. The zero-order valence-electron chi connectivity index (χ0n) is 13.4. The van der Waals surface area contributed by atoms with Gasteiger partial charge < -0.3 is 10.6 Å². The van der Waals surface area contributed by atoms with Crippen LogP contribution in [0.25, 0.3) is 0 Å². The van der Waals surface area contributed by atoms with E-state index in [0.29, 0.717) is 39.1 Å². The molecule has 1 unspecified atom stereocenters. The molecule has 1 aromatic rings. The minimum Gasteiger partial charge on any atom is -0.339 e. The van der Waals surface area contributed by atoms with E-state index < -0.39 is 15.8 Å². The van der Waals surface area contributed by atoms with E-state index in [-0.39, 0.29) is 22.3 Å². The van der Waals surface area contributed by atoms with E-state index in [0.717, 1.165) is 18.9 Å². The quantitative estimate of drug-likeness (QED) is 0.874. The maximum atomic E-state index is 14.4. The molecule has 0 radical (unpaired) electrons. The summed E-state index contributed by atoms with van der Waals surface area (Å²) >= 11 is 0. The van der Waals surface area contributed by atoms with Crippen LogP contribution in [0.3, 0.4) is 0 Å². The third-order valence-corrected chi connectivity index (χ3v) is 6.65. The van der Waals surface area contributed by atoms with Gasteiger partial charge in [-0.2, -0.15) is 4.31 Å². The second kappa shape index (κ2) is 6.78. The molecule has 24 heavy (non-hydrogen) atoms. The topological polar surface area (TPSA) is 83.7 Å². The highest BCUT2D eigenvalue weighted by atomic mass is 32.2. The standard InChI is InChI=1S/C16H22FN3O3S/c17-15-9-13(24(22,23)20-8-5-12(10-18)11-20)3-4-14(15)16(21)19-6-1-2-7-19/h3-4,9,12H,1-2,5-8,10-11,18H2. The van der Waals surface area contributed by atoms with Gasteiger partial charge in [0, 0.05) is 26.2 Å². The molecule has 2 N–H and O–H groups in total. The van der Waals surface area contributed by atoms with Crippen LogP contribution in [0.5, 0.6) is 0 Å². The first-order valence-electron chi connectivity index (χ1n) is 8.22. The summed E-state index contributed by atoms with van der Waals surface area (Å²) in [5.41, 5.74) is 5.52. The van der Waals surface area contributed by atoms with E-state index in [1.54, 1.807) is 4.90 Å². The van der Waals surface area contributed by atoms with E-state index in [1.165, 1.54) is 16.4 Å². The average Bonchev–Trinajstić information content (AvgIpc) is 3.25. The highest BCUT2D eigenvalue weighted by molar-refractivity contribution is 7.89. The number of hydrogen-bond donors (Lipinski definition) is 1. The lowest BCUT2D eigenvalue weighted by Gasteiger charge is -2.18. The molecule has 0 saturated carbocycles. The fraction of sp³-hybridized carbons (Fsp3) is 0.562. The van der Waals surface area contributed by atoms with Crippen molar-refractivity contribution in [2.45, 2.75) is 24.2 Å². The van der Waals surface area contributed by atoms with Crippen LogP contribution in [0.15, 0.2) is 23.1 Å². The van der Waals surface area contributed by atoms with E-state index in [1.807, 2.05) is 0 Å². The summed E-state index contributed by atoms with van der Waals surface area (Å²) < 4.78 is 40.9. The van der Waals surface area contributed by atoms with Gasteiger partial charge in [0.1, 0.15) is 5.82 Å². The molecule has 0 aliphatic carbocycles. The summed E-state index contributed by atoms with van der Waals surface area (Å²) in [6.07, 6.45) is 2.54. The molecular formula is C16H22FN3O3S. The number of likely N-dealkylation sites (tertiary alicyclic amines) is 1. The summed E-state index contributed by atoms with van der Waals surface area (Å²) in [5.74, 6) is -1.03. The fourth-order valence-corrected chi connectivity index (χ4v) is 4.82. The number of benzene rings is 1. The molecule has 1 aromatic carbocycles. The largest absolute Gasteiger partial charge is 0.339 e. The third kappa shape index (κ3) is 3.18. The third-order valence-electron chi connectivity index (χ3n) is 4.78. The number of nitrogens with zero attached hydrogens (tertiary/aromatic N) is 2. The molecule has 8 heteroatoms. The summed E-state index contributed by atoms with van der Waals surface area (Å²) in [5, 5.41) is 0. The zero-order chi connectivity index (χ0) is 17.3. The number of nitrogens with two attached hydrogens (primary N) is 1. The van der Waals surface area contributed by atoms with Crippen LogP contribution in [0, 0.1) is 11.7 Å². The molecule has 0 bridgehead atoms. The molecule has 0 aromatic heterocycles. The van der Waals surface area contributed by atoms with Gasteiger partial charge in [-0.3, -0.25) is 4.79 Å². The van der Waals surface area contributed by atoms with Crippen molar-refractivity contribution in [1.82, 2.24) is 9.21 Å². The molecule has 2 aliphatic rings.